The molecule has 1 aromatic carbocycles. The number of carbonyl (C=O) groups is 2. The fraction of sp³-hybridized carbons (Fsp3) is 0.579. The highest BCUT2D eigenvalue weighted by molar-refractivity contribution is 5.83. The summed E-state index contributed by atoms with van der Waals surface area (Å²) in [6, 6.07) is 8.15. The van der Waals surface area contributed by atoms with Crippen molar-refractivity contribution in [2.24, 2.45) is 17.8 Å². The quantitative estimate of drug-likeness (QED) is 0.839. The molecule has 130 valence electrons. The average Bonchev–Trinajstić information content (AvgIpc) is 3.36. The molecule has 1 aliphatic carbocycles. The molecule has 5 heteroatoms. The molecule has 0 bridgehead atoms. The highest BCUT2D eigenvalue weighted by Crippen LogP contribution is 2.48. The zero-order chi connectivity index (χ0) is 17.1. The van der Waals surface area contributed by atoms with Crippen molar-refractivity contribution in [3.8, 4) is 0 Å². The van der Waals surface area contributed by atoms with E-state index in [2.05, 4.69) is 24.4 Å². The van der Waals surface area contributed by atoms with Crippen LogP contribution in [0.15, 0.2) is 24.3 Å². The smallest absolute Gasteiger partial charge is 0.308 e. The Bertz CT molecular complexity index is 609. The van der Waals surface area contributed by atoms with Gasteiger partial charge in [-0.1, -0.05) is 24.3 Å². The number of carboxylic acid groups (broad SMARTS) is 1. The van der Waals surface area contributed by atoms with Gasteiger partial charge in [-0.25, -0.2) is 0 Å². The highest BCUT2D eigenvalue weighted by Gasteiger charge is 2.44. The Morgan fingerprint density at radius 2 is 2.00 bits per heavy atom. The molecule has 5 nitrogen and oxygen atoms in total. The third-order valence-electron chi connectivity index (χ3n) is 5.36. The van der Waals surface area contributed by atoms with E-state index in [0.717, 1.165) is 19.3 Å². The van der Waals surface area contributed by atoms with Crippen molar-refractivity contribution in [2.45, 2.75) is 32.1 Å². The van der Waals surface area contributed by atoms with Gasteiger partial charge in [0.05, 0.1) is 5.92 Å². The first kappa shape index (κ1) is 17.0. The van der Waals surface area contributed by atoms with Crippen LogP contribution in [-0.2, 0) is 14.3 Å². The molecule has 3 atom stereocenters. The van der Waals surface area contributed by atoms with Crippen LogP contribution in [0, 0.1) is 24.7 Å². The van der Waals surface area contributed by atoms with Crippen LogP contribution in [0.3, 0.4) is 0 Å². The number of aliphatic carboxylic acids is 1. The predicted octanol–water partition coefficient (Wildman–Crippen LogP) is 2.34. The number of carbonyl (C=O) groups excluding carboxylic acids is 1. The van der Waals surface area contributed by atoms with Gasteiger partial charge in [0.2, 0.25) is 5.91 Å². The van der Waals surface area contributed by atoms with Crippen molar-refractivity contribution >= 4 is 11.9 Å². The first-order chi connectivity index (χ1) is 11.6. The van der Waals surface area contributed by atoms with Crippen LogP contribution in [0.5, 0.6) is 0 Å². The summed E-state index contributed by atoms with van der Waals surface area (Å²) in [5, 5.41) is 12.3. The Labute approximate surface area is 142 Å². The monoisotopic (exact) mass is 331 g/mol. The summed E-state index contributed by atoms with van der Waals surface area (Å²) in [6.45, 7) is 3.50. The van der Waals surface area contributed by atoms with Gasteiger partial charge in [-0.05, 0) is 49.1 Å². The summed E-state index contributed by atoms with van der Waals surface area (Å²) in [7, 11) is 0. The maximum Gasteiger partial charge on any atom is 0.308 e. The second kappa shape index (κ2) is 7.34. The van der Waals surface area contributed by atoms with Gasteiger partial charge in [0.15, 0.2) is 0 Å². The van der Waals surface area contributed by atoms with Crippen molar-refractivity contribution in [3.05, 3.63) is 35.4 Å². The summed E-state index contributed by atoms with van der Waals surface area (Å²) < 4.78 is 5.30. The van der Waals surface area contributed by atoms with Crippen molar-refractivity contribution < 1.29 is 19.4 Å². The normalized spacial score (nSPS) is 25.0. The van der Waals surface area contributed by atoms with Crippen molar-refractivity contribution in [1.29, 1.82) is 0 Å². The Morgan fingerprint density at radius 3 is 2.67 bits per heavy atom. The van der Waals surface area contributed by atoms with E-state index in [9.17, 15) is 14.7 Å². The fourth-order valence-corrected chi connectivity index (χ4v) is 3.75. The summed E-state index contributed by atoms with van der Waals surface area (Å²) in [4.78, 5) is 23.9. The lowest BCUT2D eigenvalue weighted by molar-refractivity contribution is -0.145. The van der Waals surface area contributed by atoms with E-state index in [1.807, 2.05) is 12.1 Å². The van der Waals surface area contributed by atoms with E-state index in [1.165, 1.54) is 11.1 Å². The van der Waals surface area contributed by atoms with Gasteiger partial charge in [-0.3, -0.25) is 9.59 Å². The maximum absolute atomic E-state index is 12.4. The molecule has 3 unspecified atom stereocenters. The topological polar surface area (TPSA) is 75.6 Å². The zero-order valence-electron chi connectivity index (χ0n) is 14.0. The van der Waals surface area contributed by atoms with Gasteiger partial charge >= 0.3 is 5.97 Å². The van der Waals surface area contributed by atoms with Crippen LogP contribution >= 0.6 is 0 Å². The van der Waals surface area contributed by atoms with E-state index < -0.39 is 11.9 Å². The Hall–Kier alpha value is -1.88. The van der Waals surface area contributed by atoms with E-state index in [0.29, 0.717) is 13.2 Å². The zero-order valence-corrected chi connectivity index (χ0v) is 14.0. The van der Waals surface area contributed by atoms with Crippen LogP contribution in [-0.4, -0.2) is 36.7 Å². The minimum absolute atomic E-state index is 0.0124. The number of amides is 1. The summed E-state index contributed by atoms with van der Waals surface area (Å²) >= 11 is 0. The van der Waals surface area contributed by atoms with Gasteiger partial charge in [0, 0.05) is 25.7 Å². The van der Waals surface area contributed by atoms with Crippen molar-refractivity contribution in [1.82, 2.24) is 5.32 Å². The Morgan fingerprint density at radius 1 is 1.29 bits per heavy atom. The van der Waals surface area contributed by atoms with Gasteiger partial charge in [-0.2, -0.15) is 0 Å². The third kappa shape index (κ3) is 3.78. The van der Waals surface area contributed by atoms with E-state index in [4.69, 9.17) is 4.74 Å². The lowest BCUT2D eigenvalue weighted by atomic mass is 9.86. The number of carboxylic acids is 1. The van der Waals surface area contributed by atoms with Crippen LogP contribution in [0.4, 0.5) is 0 Å². The van der Waals surface area contributed by atoms with E-state index >= 15 is 0 Å². The van der Waals surface area contributed by atoms with Crippen LogP contribution < -0.4 is 5.32 Å². The van der Waals surface area contributed by atoms with Crippen LogP contribution in [0.25, 0.3) is 0 Å². The second-order valence-corrected chi connectivity index (χ2v) is 6.94. The number of benzene rings is 1. The Balaban J connectivity index is 1.53. The summed E-state index contributed by atoms with van der Waals surface area (Å²) in [6.07, 6.45) is 2.36. The van der Waals surface area contributed by atoms with Gasteiger partial charge in [-0.15, -0.1) is 0 Å². The Kier molecular flexibility index (Phi) is 5.19. The predicted molar refractivity (Wildman–Crippen MR) is 89.7 cm³/mol. The number of rotatable bonds is 6. The molecular formula is C19H25NO4. The molecule has 2 aliphatic rings. The molecule has 0 spiro atoms. The van der Waals surface area contributed by atoms with Crippen LogP contribution in [0.2, 0.25) is 0 Å². The lowest BCUT2D eigenvalue weighted by Gasteiger charge is -2.27. The molecule has 1 heterocycles. The van der Waals surface area contributed by atoms with E-state index in [1.54, 1.807) is 0 Å². The molecule has 1 saturated carbocycles. The van der Waals surface area contributed by atoms with Crippen molar-refractivity contribution in [3.63, 3.8) is 0 Å². The van der Waals surface area contributed by atoms with Gasteiger partial charge < -0.3 is 15.2 Å². The fourth-order valence-electron chi connectivity index (χ4n) is 3.75. The molecule has 0 radical (unpaired) electrons. The molecule has 2 fully saturated rings. The number of hydrogen-bond acceptors (Lipinski definition) is 3. The first-order valence-electron chi connectivity index (χ1n) is 8.71. The van der Waals surface area contributed by atoms with Gasteiger partial charge in [0.1, 0.15) is 0 Å². The molecular weight excluding hydrogens is 306 g/mol. The molecule has 3 rings (SSSR count). The molecule has 1 amide bonds. The number of hydrogen-bond donors (Lipinski definition) is 2. The number of nitrogens with one attached hydrogen (secondary N) is 1. The number of ether oxygens (including phenoxy) is 1. The minimum Gasteiger partial charge on any atom is -0.481 e. The van der Waals surface area contributed by atoms with Crippen molar-refractivity contribution in [2.75, 3.05) is 19.8 Å². The average molecular weight is 331 g/mol. The lowest BCUT2D eigenvalue weighted by Crippen LogP contribution is -2.39. The summed E-state index contributed by atoms with van der Waals surface area (Å²) in [5.41, 5.74) is 2.44. The molecule has 0 aromatic heterocycles. The largest absolute Gasteiger partial charge is 0.481 e. The maximum atomic E-state index is 12.4. The van der Waals surface area contributed by atoms with Crippen LogP contribution in [0.1, 0.15) is 36.3 Å². The second-order valence-electron chi connectivity index (χ2n) is 6.94. The van der Waals surface area contributed by atoms with E-state index in [-0.39, 0.29) is 30.2 Å². The third-order valence-corrected chi connectivity index (χ3v) is 5.36. The van der Waals surface area contributed by atoms with Gasteiger partial charge in [0.25, 0.3) is 0 Å². The molecule has 2 N–H and O–H groups in total. The minimum atomic E-state index is -0.826. The summed E-state index contributed by atoms with van der Waals surface area (Å²) in [5.74, 6) is -1.01. The standard InChI is InChI=1S/C19H25NO4/c1-12-4-2-3-5-14(12)15-10-16(15)18(21)20-11-17(19(22)23)13-6-8-24-9-7-13/h2-5,13,15-17H,6-11H2,1H3,(H,20,21)(H,22,23). The molecule has 1 aliphatic heterocycles. The first-order valence-corrected chi connectivity index (χ1v) is 8.71. The molecule has 24 heavy (non-hydrogen) atoms. The molecule has 1 saturated heterocycles. The SMILES string of the molecule is Cc1ccccc1C1CC1C(=O)NCC(C(=O)O)C1CCOCC1. The number of aryl methyl sites for hydroxylation is 1. The molecule has 1 aromatic rings. The highest BCUT2D eigenvalue weighted by atomic mass is 16.5.